The standard InChI is InChI=1S/C15H12N4O3S/c16-8-11-4-6-23-15(11)17-14(20)9-18-5-3-10-1-2-12(19(21)22)7-13(10)18/h1-2,4,6-7H,3,5,9H2,(H,17,20). The number of fused-ring (bicyclic) bond motifs is 1. The Morgan fingerprint density at radius 3 is 3.04 bits per heavy atom. The van der Waals surface area contributed by atoms with Crippen molar-refractivity contribution in [3.8, 4) is 6.07 Å². The second-order valence-electron chi connectivity index (χ2n) is 5.07. The maximum atomic E-state index is 12.2. The smallest absolute Gasteiger partial charge is 0.271 e. The van der Waals surface area contributed by atoms with E-state index in [-0.39, 0.29) is 18.1 Å². The van der Waals surface area contributed by atoms with Crippen LogP contribution in [0.2, 0.25) is 0 Å². The minimum Gasteiger partial charge on any atom is -0.361 e. The Balaban J connectivity index is 1.73. The third-order valence-corrected chi connectivity index (χ3v) is 4.47. The third-order valence-electron chi connectivity index (χ3n) is 3.64. The molecule has 1 amide bonds. The normalized spacial score (nSPS) is 12.6. The van der Waals surface area contributed by atoms with Gasteiger partial charge in [-0.15, -0.1) is 11.3 Å². The number of anilines is 2. The van der Waals surface area contributed by atoms with Gasteiger partial charge in [-0.2, -0.15) is 5.26 Å². The molecule has 0 saturated heterocycles. The zero-order valence-corrected chi connectivity index (χ0v) is 12.8. The van der Waals surface area contributed by atoms with Gasteiger partial charge in [0.2, 0.25) is 5.91 Å². The highest BCUT2D eigenvalue weighted by Crippen LogP contribution is 2.31. The Labute approximate surface area is 135 Å². The van der Waals surface area contributed by atoms with Crippen molar-refractivity contribution in [1.82, 2.24) is 0 Å². The molecule has 0 saturated carbocycles. The van der Waals surface area contributed by atoms with Gasteiger partial charge in [-0.25, -0.2) is 0 Å². The highest BCUT2D eigenvalue weighted by molar-refractivity contribution is 7.14. The molecule has 2 heterocycles. The summed E-state index contributed by atoms with van der Waals surface area (Å²) in [5.41, 5.74) is 2.17. The number of nitro groups is 1. The van der Waals surface area contributed by atoms with Crippen molar-refractivity contribution in [2.24, 2.45) is 0 Å². The molecule has 1 aliphatic rings. The fourth-order valence-corrected chi connectivity index (χ4v) is 3.30. The van der Waals surface area contributed by atoms with Gasteiger partial charge >= 0.3 is 0 Å². The third kappa shape index (κ3) is 3.00. The summed E-state index contributed by atoms with van der Waals surface area (Å²) in [6, 6.07) is 8.38. The molecule has 1 N–H and O–H groups in total. The molecule has 3 rings (SSSR count). The summed E-state index contributed by atoms with van der Waals surface area (Å²) < 4.78 is 0. The molecule has 23 heavy (non-hydrogen) atoms. The number of nitriles is 1. The zero-order chi connectivity index (χ0) is 16.4. The molecule has 0 fully saturated rings. The second kappa shape index (κ2) is 6.06. The summed E-state index contributed by atoms with van der Waals surface area (Å²) in [6.45, 7) is 0.733. The largest absolute Gasteiger partial charge is 0.361 e. The number of amides is 1. The van der Waals surface area contributed by atoms with Gasteiger partial charge < -0.3 is 10.2 Å². The number of carbonyl (C=O) groups excluding carboxylic acids is 1. The monoisotopic (exact) mass is 328 g/mol. The van der Waals surface area contributed by atoms with E-state index in [4.69, 9.17) is 5.26 Å². The Bertz CT molecular complexity index is 824. The fraction of sp³-hybridized carbons (Fsp3) is 0.200. The number of nitro benzene ring substituents is 1. The lowest BCUT2D eigenvalue weighted by Gasteiger charge is -2.18. The van der Waals surface area contributed by atoms with E-state index in [9.17, 15) is 14.9 Å². The van der Waals surface area contributed by atoms with E-state index in [0.29, 0.717) is 17.1 Å². The quantitative estimate of drug-likeness (QED) is 0.687. The molecule has 0 aliphatic carbocycles. The number of nitrogens with one attached hydrogen (secondary N) is 1. The van der Waals surface area contributed by atoms with Crippen LogP contribution in [0.1, 0.15) is 11.1 Å². The maximum absolute atomic E-state index is 12.2. The van der Waals surface area contributed by atoms with Gasteiger partial charge in [-0.1, -0.05) is 6.07 Å². The minimum atomic E-state index is -0.443. The van der Waals surface area contributed by atoms with Crippen LogP contribution < -0.4 is 10.2 Å². The second-order valence-corrected chi connectivity index (χ2v) is 5.98. The lowest BCUT2D eigenvalue weighted by molar-refractivity contribution is -0.384. The first-order chi connectivity index (χ1) is 11.1. The topological polar surface area (TPSA) is 99.3 Å². The molecule has 0 unspecified atom stereocenters. The first-order valence-electron chi connectivity index (χ1n) is 6.88. The fourth-order valence-electron chi connectivity index (χ4n) is 2.55. The van der Waals surface area contributed by atoms with Crippen molar-refractivity contribution in [2.45, 2.75) is 6.42 Å². The predicted octanol–water partition coefficient (Wildman–Crippen LogP) is 2.53. The molecule has 0 bridgehead atoms. The number of hydrogen-bond acceptors (Lipinski definition) is 6. The molecule has 2 aromatic rings. The Hall–Kier alpha value is -2.92. The summed E-state index contributed by atoms with van der Waals surface area (Å²) in [5.74, 6) is -0.247. The van der Waals surface area contributed by atoms with Gasteiger partial charge in [-0.05, 0) is 23.4 Å². The van der Waals surface area contributed by atoms with Gasteiger partial charge in [0, 0.05) is 24.4 Å². The molecule has 1 aromatic carbocycles. The lowest BCUT2D eigenvalue weighted by Crippen LogP contribution is -2.31. The van der Waals surface area contributed by atoms with E-state index < -0.39 is 4.92 Å². The van der Waals surface area contributed by atoms with Crippen LogP contribution in [-0.4, -0.2) is 23.9 Å². The molecule has 0 atom stereocenters. The van der Waals surface area contributed by atoms with Gasteiger partial charge in [-0.3, -0.25) is 14.9 Å². The van der Waals surface area contributed by atoms with Crippen LogP contribution in [0.5, 0.6) is 0 Å². The van der Waals surface area contributed by atoms with Crippen molar-refractivity contribution in [2.75, 3.05) is 23.3 Å². The number of rotatable bonds is 4. The van der Waals surface area contributed by atoms with Gasteiger partial charge in [0.15, 0.2) is 0 Å². The van der Waals surface area contributed by atoms with Crippen molar-refractivity contribution in [3.63, 3.8) is 0 Å². The molecule has 8 heteroatoms. The predicted molar refractivity (Wildman–Crippen MR) is 86.7 cm³/mol. The first kappa shape index (κ1) is 15.0. The van der Waals surface area contributed by atoms with Crippen LogP contribution in [0.4, 0.5) is 16.4 Å². The molecule has 116 valence electrons. The van der Waals surface area contributed by atoms with Crippen molar-refractivity contribution in [1.29, 1.82) is 5.26 Å². The van der Waals surface area contributed by atoms with Crippen molar-refractivity contribution in [3.05, 3.63) is 50.9 Å². The molecule has 1 aromatic heterocycles. The summed E-state index contributed by atoms with van der Waals surface area (Å²) in [4.78, 5) is 24.4. The number of thiophene rings is 1. The SMILES string of the molecule is N#Cc1ccsc1NC(=O)CN1CCc2ccc([N+](=O)[O-])cc21. The van der Waals surface area contributed by atoms with Gasteiger partial charge in [0.1, 0.15) is 11.1 Å². The Morgan fingerprint density at radius 2 is 2.30 bits per heavy atom. The van der Waals surface area contributed by atoms with Gasteiger partial charge in [0.25, 0.3) is 5.69 Å². The molecule has 0 spiro atoms. The van der Waals surface area contributed by atoms with Crippen LogP contribution in [-0.2, 0) is 11.2 Å². The van der Waals surface area contributed by atoms with Crippen LogP contribution in [0, 0.1) is 21.4 Å². The average molecular weight is 328 g/mol. The molecular weight excluding hydrogens is 316 g/mol. The van der Waals surface area contributed by atoms with Crippen molar-refractivity contribution < 1.29 is 9.72 Å². The Kier molecular flexibility index (Phi) is 3.95. The minimum absolute atomic E-state index is 0.0149. The first-order valence-corrected chi connectivity index (χ1v) is 7.76. The average Bonchev–Trinajstić information content (AvgIpc) is 3.13. The molecule has 7 nitrogen and oxygen atoms in total. The molecular formula is C15H12N4O3S. The van der Waals surface area contributed by atoms with Crippen molar-refractivity contribution >= 4 is 33.6 Å². The number of nitrogens with zero attached hydrogens (tertiary/aromatic N) is 3. The summed E-state index contributed by atoms with van der Waals surface area (Å²) in [7, 11) is 0. The summed E-state index contributed by atoms with van der Waals surface area (Å²) in [5, 5.41) is 24.8. The lowest BCUT2D eigenvalue weighted by atomic mass is 10.1. The van der Waals surface area contributed by atoms with E-state index in [1.807, 2.05) is 11.0 Å². The zero-order valence-electron chi connectivity index (χ0n) is 12.0. The summed E-state index contributed by atoms with van der Waals surface area (Å²) >= 11 is 1.29. The highest BCUT2D eigenvalue weighted by Gasteiger charge is 2.24. The molecule has 1 aliphatic heterocycles. The number of hydrogen-bond donors (Lipinski definition) is 1. The van der Waals surface area contributed by atoms with E-state index in [0.717, 1.165) is 17.7 Å². The Morgan fingerprint density at radius 1 is 1.48 bits per heavy atom. The van der Waals surface area contributed by atoms with Crippen LogP contribution >= 0.6 is 11.3 Å². The van der Waals surface area contributed by atoms with E-state index in [1.54, 1.807) is 17.5 Å². The van der Waals surface area contributed by atoms with E-state index >= 15 is 0 Å². The maximum Gasteiger partial charge on any atom is 0.271 e. The molecule has 0 radical (unpaired) electrons. The van der Waals surface area contributed by atoms with Crippen LogP contribution in [0.25, 0.3) is 0 Å². The van der Waals surface area contributed by atoms with Crippen LogP contribution in [0.15, 0.2) is 29.6 Å². The number of non-ortho nitro benzene ring substituents is 1. The number of benzene rings is 1. The van der Waals surface area contributed by atoms with Crippen LogP contribution in [0.3, 0.4) is 0 Å². The summed E-state index contributed by atoms with van der Waals surface area (Å²) in [6.07, 6.45) is 0.753. The highest BCUT2D eigenvalue weighted by atomic mass is 32.1. The van der Waals surface area contributed by atoms with E-state index in [2.05, 4.69) is 5.32 Å². The van der Waals surface area contributed by atoms with E-state index in [1.165, 1.54) is 23.5 Å². The number of carbonyl (C=O) groups is 1. The van der Waals surface area contributed by atoms with Gasteiger partial charge in [0.05, 0.1) is 17.0 Å².